The molecule has 2 aromatic carbocycles. The molecule has 0 aliphatic carbocycles. The minimum atomic E-state index is -3.72. The lowest BCUT2D eigenvalue weighted by molar-refractivity contribution is 0.601. The molecule has 0 spiro atoms. The summed E-state index contributed by atoms with van der Waals surface area (Å²) >= 11 is 3.45. The van der Waals surface area contributed by atoms with E-state index in [9.17, 15) is 8.42 Å². The quantitative estimate of drug-likeness (QED) is 0.464. The molecule has 0 unspecified atom stereocenters. The highest BCUT2D eigenvalue weighted by Crippen LogP contribution is 2.26. The summed E-state index contributed by atoms with van der Waals surface area (Å²) in [6, 6.07) is 17.1. The number of fused-ring (bicyclic) bond motifs is 1. The van der Waals surface area contributed by atoms with Gasteiger partial charge >= 0.3 is 0 Å². The third-order valence-corrected chi connectivity index (χ3v) is 5.79. The summed E-state index contributed by atoms with van der Waals surface area (Å²) in [4.78, 5) is 12.7. The molecule has 0 amide bonds. The molecule has 28 heavy (non-hydrogen) atoms. The molecule has 0 aliphatic rings. The van der Waals surface area contributed by atoms with Crippen molar-refractivity contribution in [2.24, 2.45) is 0 Å². The van der Waals surface area contributed by atoms with Crippen molar-refractivity contribution in [3.8, 4) is 0 Å². The van der Waals surface area contributed by atoms with Crippen molar-refractivity contribution in [1.82, 2.24) is 15.0 Å². The van der Waals surface area contributed by atoms with Gasteiger partial charge in [-0.3, -0.25) is 4.72 Å². The fraction of sp³-hybridized carbons (Fsp3) is 0. The SMILES string of the molecule is O=S(=O)(Nc1ccccn1)c1ccc(Nc2ncnc3ccc(Br)cc23)cc1. The van der Waals surface area contributed by atoms with Crippen molar-refractivity contribution in [1.29, 1.82) is 0 Å². The first-order valence-electron chi connectivity index (χ1n) is 8.22. The summed E-state index contributed by atoms with van der Waals surface area (Å²) in [5.74, 6) is 0.899. The van der Waals surface area contributed by atoms with Crippen LogP contribution in [0.3, 0.4) is 0 Å². The zero-order valence-corrected chi connectivity index (χ0v) is 16.8. The van der Waals surface area contributed by atoms with Gasteiger partial charge < -0.3 is 5.32 Å². The number of nitrogens with one attached hydrogen (secondary N) is 2. The number of rotatable bonds is 5. The average molecular weight is 456 g/mol. The van der Waals surface area contributed by atoms with Gasteiger partial charge in [0.25, 0.3) is 10.0 Å². The van der Waals surface area contributed by atoms with Crippen LogP contribution in [0.2, 0.25) is 0 Å². The van der Waals surface area contributed by atoms with Gasteiger partial charge in [-0.15, -0.1) is 0 Å². The van der Waals surface area contributed by atoms with E-state index in [1.54, 1.807) is 30.3 Å². The first-order chi connectivity index (χ1) is 13.5. The van der Waals surface area contributed by atoms with Crippen molar-refractivity contribution in [2.45, 2.75) is 4.90 Å². The number of sulfonamides is 1. The van der Waals surface area contributed by atoms with Crippen LogP contribution in [-0.4, -0.2) is 23.4 Å². The number of hydrogen-bond acceptors (Lipinski definition) is 6. The van der Waals surface area contributed by atoms with Gasteiger partial charge in [-0.2, -0.15) is 0 Å². The van der Waals surface area contributed by atoms with Crippen molar-refractivity contribution in [2.75, 3.05) is 10.0 Å². The Kier molecular flexibility index (Phi) is 4.93. The number of benzene rings is 2. The van der Waals surface area contributed by atoms with Gasteiger partial charge in [-0.05, 0) is 54.6 Å². The lowest BCUT2D eigenvalue weighted by Crippen LogP contribution is -2.13. The molecule has 0 radical (unpaired) electrons. The van der Waals surface area contributed by atoms with E-state index in [-0.39, 0.29) is 10.7 Å². The van der Waals surface area contributed by atoms with Gasteiger partial charge in [0.15, 0.2) is 0 Å². The Balaban J connectivity index is 1.58. The molecule has 0 bridgehead atoms. The zero-order valence-electron chi connectivity index (χ0n) is 14.4. The number of anilines is 3. The van der Waals surface area contributed by atoms with Crippen LogP contribution in [0.4, 0.5) is 17.3 Å². The number of pyridine rings is 1. The Bertz CT molecular complexity index is 1230. The Morgan fingerprint density at radius 2 is 1.71 bits per heavy atom. The topological polar surface area (TPSA) is 96.9 Å². The normalized spacial score (nSPS) is 11.3. The van der Waals surface area contributed by atoms with Crippen LogP contribution < -0.4 is 10.0 Å². The third-order valence-electron chi connectivity index (χ3n) is 3.93. The fourth-order valence-corrected chi connectivity index (χ4v) is 3.97. The second-order valence-electron chi connectivity index (χ2n) is 5.85. The lowest BCUT2D eigenvalue weighted by atomic mass is 10.2. The van der Waals surface area contributed by atoms with E-state index in [0.29, 0.717) is 11.5 Å². The molecule has 7 nitrogen and oxygen atoms in total. The summed E-state index contributed by atoms with van der Waals surface area (Å²) in [5.41, 5.74) is 1.51. The molecule has 140 valence electrons. The third kappa shape index (κ3) is 3.95. The van der Waals surface area contributed by atoms with Crippen molar-refractivity contribution >= 4 is 54.2 Å². The van der Waals surface area contributed by atoms with Gasteiger partial charge in [0, 0.05) is 21.7 Å². The van der Waals surface area contributed by atoms with Gasteiger partial charge in [0.05, 0.1) is 10.4 Å². The summed E-state index contributed by atoms with van der Waals surface area (Å²) in [6.07, 6.45) is 3.00. The van der Waals surface area contributed by atoms with Gasteiger partial charge in [0.2, 0.25) is 0 Å². The molecule has 0 saturated carbocycles. The Morgan fingerprint density at radius 1 is 0.893 bits per heavy atom. The van der Waals surface area contributed by atoms with E-state index in [4.69, 9.17) is 0 Å². The highest BCUT2D eigenvalue weighted by Gasteiger charge is 2.14. The van der Waals surface area contributed by atoms with Crippen LogP contribution in [0.15, 0.2) is 82.6 Å². The second-order valence-corrected chi connectivity index (χ2v) is 8.45. The second kappa shape index (κ2) is 7.53. The predicted octanol–water partition coefficient (Wildman–Crippen LogP) is 4.33. The number of halogens is 1. The lowest BCUT2D eigenvalue weighted by Gasteiger charge is -2.10. The summed E-state index contributed by atoms with van der Waals surface area (Å²) in [6.45, 7) is 0. The summed E-state index contributed by atoms with van der Waals surface area (Å²) < 4.78 is 28.3. The predicted molar refractivity (Wildman–Crippen MR) is 112 cm³/mol. The van der Waals surface area contributed by atoms with Crippen LogP contribution in [-0.2, 0) is 10.0 Å². The Hall–Kier alpha value is -3.04. The minimum Gasteiger partial charge on any atom is -0.340 e. The highest BCUT2D eigenvalue weighted by atomic mass is 79.9. The molecule has 0 saturated heterocycles. The van der Waals surface area contributed by atoms with Crippen molar-refractivity contribution in [3.63, 3.8) is 0 Å². The van der Waals surface area contributed by atoms with E-state index in [2.05, 4.69) is 40.9 Å². The molecule has 0 fully saturated rings. The molecule has 2 heterocycles. The number of aromatic nitrogens is 3. The molecule has 2 aromatic heterocycles. The first kappa shape index (κ1) is 18.3. The monoisotopic (exact) mass is 455 g/mol. The average Bonchev–Trinajstić information content (AvgIpc) is 2.69. The molecule has 4 rings (SSSR count). The molecular weight excluding hydrogens is 442 g/mol. The minimum absolute atomic E-state index is 0.138. The molecule has 2 N–H and O–H groups in total. The maximum atomic E-state index is 12.5. The van der Waals surface area contributed by atoms with Gasteiger partial charge in [0.1, 0.15) is 18.0 Å². The van der Waals surface area contributed by atoms with E-state index < -0.39 is 10.0 Å². The van der Waals surface area contributed by atoms with Crippen molar-refractivity contribution < 1.29 is 8.42 Å². The number of hydrogen-bond donors (Lipinski definition) is 2. The van der Waals surface area contributed by atoms with Crippen LogP contribution in [0.1, 0.15) is 0 Å². The van der Waals surface area contributed by atoms with Crippen LogP contribution in [0.5, 0.6) is 0 Å². The molecule has 0 aliphatic heterocycles. The smallest absolute Gasteiger partial charge is 0.263 e. The zero-order chi connectivity index (χ0) is 19.6. The summed E-state index contributed by atoms with van der Waals surface area (Å²) in [7, 11) is -3.72. The molecule has 9 heteroatoms. The van der Waals surface area contributed by atoms with Gasteiger partial charge in [-0.1, -0.05) is 22.0 Å². The van der Waals surface area contributed by atoms with E-state index in [0.717, 1.165) is 15.4 Å². The van der Waals surface area contributed by atoms with Crippen LogP contribution in [0.25, 0.3) is 10.9 Å². The highest BCUT2D eigenvalue weighted by molar-refractivity contribution is 9.10. The fourth-order valence-electron chi connectivity index (χ4n) is 2.60. The molecular formula is C19H14BrN5O2S. The van der Waals surface area contributed by atoms with Crippen molar-refractivity contribution in [3.05, 3.63) is 77.7 Å². The maximum Gasteiger partial charge on any atom is 0.263 e. The molecule has 4 aromatic rings. The standard InChI is InChI=1S/C19H14BrN5O2S/c20-13-4-9-17-16(11-13)19(23-12-22-17)24-14-5-7-15(8-6-14)28(26,27)25-18-3-1-2-10-21-18/h1-12H,(H,21,25)(H,22,23,24). The number of nitrogens with zero attached hydrogens (tertiary/aromatic N) is 3. The maximum absolute atomic E-state index is 12.5. The van der Waals surface area contributed by atoms with E-state index in [1.807, 2.05) is 18.2 Å². The summed E-state index contributed by atoms with van der Waals surface area (Å²) in [5, 5.41) is 4.06. The van der Waals surface area contributed by atoms with Crippen LogP contribution >= 0.6 is 15.9 Å². The Morgan fingerprint density at radius 3 is 2.46 bits per heavy atom. The van der Waals surface area contributed by atoms with E-state index in [1.165, 1.54) is 24.7 Å². The van der Waals surface area contributed by atoms with Gasteiger partial charge in [-0.25, -0.2) is 23.4 Å². The first-order valence-corrected chi connectivity index (χ1v) is 10.5. The van der Waals surface area contributed by atoms with Crippen LogP contribution in [0, 0.1) is 0 Å². The van der Waals surface area contributed by atoms with E-state index >= 15 is 0 Å². The largest absolute Gasteiger partial charge is 0.340 e. The molecule has 0 atom stereocenters. The Labute approximate surface area is 170 Å².